The number of hydrogen-bond donors (Lipinski definition) is 0. The quantitative estimate of drug-likeness (QED) is 0.763. The summed E-state index contributed by atoms with van der Waals surface area (Å²) in [7, 11) is 3.28. The maximum atomic E-state index is 8.94. The van der Waals surface area contributed by atoms with E-state index in [-0.39, 0.29) is 5.92 Å². The number of nitrogens with zero attached hydrogens (tertiary/aromatic N) is 1. The second-order valence-electron chi connectivity index (χ2n) is 4.04. The largest absolute Gasteiger partial charge is 0.493 e. The van der Waals surface area contributed by atoms with Crippen molar-refractivity contribution in [3.8, 4) is 17.6 Å². The third kappa shape index (κ3) is 1.83. The van der Waals surface area contributed by atoms with E-state index in [9.17, 15) is 0 Å². The third-order valence-electron chi connectivity index (χ3n) is 3.12. The van der Waals surface area contributed by atoms with Crippen LogP contribution in [-0.4, -0.2) is 14.2 Å². The van der Waals surface area contributed by atoms with E-state index in [0.29, 0.717) is 0 Å². The molecule has 84 valence electrons. The molecule has 0 saturated carbocycles. The van der Waals surface area contributed by atoms with Crippen LogP contribution in [-0.2, 0) is 12.8 Å². The number of methoxy groups -OCH3 is 2. The number of benzene rings is 1. The predicted octanol–water partition coefficient (Wildman–Crippen LogP) is 2.33. The first-order chi connectivity index (χ1) is 7.78. The molecule has 0 amide bonds. The van der Waals surface area contributed by atoms with Gasteiger partial charge in [-0.2, -0.15) is 5.26 Å². The van der Waals surface area contributed by atoms with Crippen molar-refractivity contribution in [1.29, 1.82) is 5.26 Å². The fourth-order valence-electron chi connectivity index (χ4n) is 2.19. The van der Waals surface area contributed by atoms with E-state index in [0.717, 1.165) is 30.8 Å². The summed E-state index contributed by atoms with van der Waals surface area (Å²) in [5.74, 6) is 1.67. The van der Waals surface area contributed by atoms with Crippen LogP contribution in [0.4, 0.5) is 0 Å². The lowest BCUT2D eigenvalue weighted by molar-refractivity contribution is 0.353. The highest BCUT2D eigenvalue weighted by molar-refractivity contribution is 5.48. The van der Waals surface area contributed by atoms with E-state index >= 15 is 0 Å². The molecule has 0 spiro atoms. The molecule has 0 N–H and O–H groups in total. The van der Waals surface area contributed by atoms with Crippen LogP contribution in [0.1, 0.15) is 17.5 Å². The van der Waals surface area contributed by atoms with Crippen molar-refractivity contribution in [3.05, 3.63) is 23.3 Å². The lowest BCUT2D eigenvalue weighted by Crippen LogP contribution is -2.13. The molecule has 0 heterocycles. The van der Waals surface area contributed by atoms with Gasteiger partial charge in [-0.3, -0.25) is 0 Å². The van der Waals surface area contributed by atoms with Crippen LogP contribution in [0.3, 0.4) is 0 Å². The SMILES string of the molecule is COc1cc2c(cc1OC)CC(C#N)CC2. The highest BCUT2D eigenvalue weighted by Crippen LogP contribution is 2.35. The fraction of sp³-hybridized carbons (Fsp3) is 0.462. The smallest absolute Gasteiger partial charge is 0.161 e. The summed E-state index contributed by atoms with van der Waals surface area (Å²) in [5, 5.41) is 8.94. The average Bonchev–Trinajstić information content (AvgIpc) is 2.36. The molecule has 1 atom stereocenters. The Labute approximate surface area is 95.6 Å². The van der Waals surface area contributed by atoms with Gasteiger partial charge in [0.2, 0.25) is 0 Å². The normalized spacial score (nSPS) is 18.4. The van der Waals surface area contributed by atoms with E-state index in [4.69, 9.17) is 14.7 Å². The Kier molecular flexibility index (Phi) is 3.00. The van der Waals surface area contributed by atoms with Gasteiger partial charge in [0.05, 0.1) is 26.2 Å². The maximum Gasteiger partial charge on any atom is 0.161 e. The Morgan fingerprint density at radius 3 is 2.38 bits per heavy atom. The minimum atomic E-state index is 0.144. The molecule has 1 aromatic carbocycles. The number of rotatable bonds is 2. The van der Waals surface area contributed by atoms with Crippen molar-refractivity contribution >= 4 is 0 Å². The average molecular weight is 217 g/mol. The van der Waals surface area contributed by atoms with E-state index in [1.807, 2.05) is 12.1 Å². The summed E-state index contributed by atoms with van der Waals surface area (Å²) in [6, 6.07) is 6.37. The van der Waals surface area contributed by atoms with Crippen LogP contribution >= 0.6 is 0 Å². The van der Waals surface area contributed by atoms with Gasteiger partial charge >= 0.3 is 0 Å². The molecule has 0 aliphatic heterocycles. The molecule has 0 saturated heterocycles. The van der Waals surface area contributed by atoms with E-state index in [2.05, 4.69) is 6.07 Å². The first kappa shape index (κ1) is 10.8. The van der Waals surface area contributed by atoms with Gasteiger partial charge in [0.15, 0.2) is 11.5 Å². The third-order valence-corrected chi connectivity index (χ3v) is 3.12. The summed E-state index contributed by atoms with van der Waals surface area (Å²) in [4.78, 5) is 0. The highest BCUT2D eigenvalue weighted by atomic mass is 16.5. The van der Waals surface area contributed by atoms with Crippen molar-refractivity contribution in [2.24, 2.45) is 5.92 Å². The summed E-state index contributed by atoms with van der Waals surface area (Å²) in [6.45, 7) is 0. The van der Waals surface area contributed by atoms with Crippen LogP contribution in [0.25, 0.3) is 0 Å². The fourth-order valence-corrected chi connectivity index (χ4v) is 2.19. The molecule has 1 aliphatic carbocycles. The molecule has 1 aliphatic rings. The molecular weight excluding hydrogens is 202 g/mol. The van der Waals surface area contributed by atoms with Gasteiger partial charge < -0.3 is 9.47 Å². The molecule has 0 radical (unpaired) electrons. The van der Waals surface area contributed by atoms with Gasteiger partial charge in [-0.1, -0.05) is 0 Å². The lowest BCUT2D eigenvalue weighted by atomic mass is 9.84. The van der Waals surface area contributed by atoms with Gasteiger partial charge in [-0.15, -0.1) is 0 Å². The second kappa shape index (κ2) is 4.44. The number of fused-ring (bicyclic) bond motifs is 1. The van der Waals surface area contributed by atoms with Gasteiger partial charge in [0.25, 0.3) is 0 Å². The van der Waals surface area contributed by atoms with Crippen molar-refractivity contribution < 1.29 is 9.47 Å². The van der Waals surface area contributed by atoms with Crippen LogP contribution in [0.5, 0.6) is 11.5 Å². The van der Waals surface area contributed by atoms with Gasteiger partial charge in [0, 0.05) is 0 Å². The number of ether oxygens (including phenoxy) is 2. The van der Waals surface area contributed by atoms with Gasteiger partial charge in [0.1, 0.15) is 0 Å². The Bertz CT molecular complexity index is 434. The van der Waals surface area contributed by atoms with Crippen molar-refractivity contribution in [2.75, 3.05) is 14.2 Å². The molecule has 3 heteroatoms. The Morgan fingerprint density at radius 2 is 1.81 bits per heavy atom. The molecule has 16 heavy (non-hydrogen) atoms. The van der Waals surface area contributed by atoms with Gasteiger partial charge in [-0.05, 0) is 42.5 Å². The standard InChI is InChI=1S/C13H15NO2/c1-15-12-6-10-4-3-9(8-14)5-11(10)7-13(12)16-2/h6-7,9H,3-5H2,1-2H3. The van der Waals surface area contributed by atoms with Crippen molar-refractivity contribution in [2.45, 2.75) is 19.3 Å². The topological polar surface area (TPSA) is 42.2 Å². The maximum absolute atomic E-state index is 8.94. The number of nitriles is 1. The lowest BCUT2D eigenvalue weighted by Gasteiger charge is -2.21. The summed E-state index contributed by atoms with van der Waals surface area (Å²) in [5.41, 5.74) is 2.50. The molecule has 0 fully saturated rings. The van der Waals surface area contributed by atoms with E-state index in [1.54, 1.807) is 14.2 Å². The zero-order valence-corrected chi connectivity index (χ0v) is 9.62. The van der Waals surface area contributed by atoms with Gasteiger partial charge in [-0.25, -0.2) is 0 Å². The van der Waals surface area contributed by atoms with Crippen LogP contribution in [0.15, 0.2) is 12.1 Å². The highest BCUT2D eigenvalue weighted by Gasteiger charge is 2.20. The molecule has 3 nitrogen and oxygen atoms in total. The Morgan fingerprint density at radius 1 is 1.19 bits per heavy atom. The van der Waals surface area contributed by atoms with Crippen molar-refractivity contribution in [1.82, 2.24) is 0 Å². The minimum absolute atomic E-state index is 0.144. The zero-order valence-electron chi connectivity index (χ0n) is 9.62. The molecule has 1 unspecified atom stereocenters. The van der Waals surface area contributed by atoms with Crippen molar-refractivity contribution in [3.63, 3.8) is 0 Å². The first-order valence-corrected chi connectivity index (χ1v) is 5.42. The molecular formula is C13H15NO2. The number of aryl methyl sites for hydroxylation is 1. The van der Waals surface area contributed by atoms with Crippen LogP contribution in [0.2, 0.25) is 0 Å². The Balaban J connectivity index is 2.39. The van der Waals surface area contributed by atoms with E-state index in [1.165, 1.54) is 11.1 Å². The molecule has 0 aromatic heterocycles. The first-order valence-electron chi connectivity index (χ1n) is 5.42. The van der Waals surface area contributed by atoms with Crippen LogP contribution < -0.4 is 9.47 Å². The minimum Gasteiger partial charge on any atom is -0.493 e. The summed E-state index contributed by atoms with van der Waals surface area (Å²) < 4.78 is 10.5. The second-order valence-corrected chi connectivity index (χ2v) is 4.04. The number of hydrogen-bond acceptors (Lipinski definition) is 3. The predicted molar refractivity (Wildman–Crippen MR) is 60.7 cm³/mol. The summed E-state index contributed by atoms with van der Waals surface area (Å²) >= 11 is 0. The van der Waals surface area contributed by atoms with Crippen LogP contribution in [0, 0.1) is 17.2 Å². The monoisotopic (exact) mass is 217 g/mol. The Hall–Kier alpha value is -1.69. The molecule has 2 rings (SSSR count). The zero-order chi connectivity index (χ0) is 11.5. The molecule has 1 aromatic rings. The van der Waals surface area contributed by atoms with E-state index < -0.39 is 0 Å². The summed E-state index contributed by atoms with van der Waals surface area (Å²) in [6.07, 6.45) is 2.72. The molecule has 0 bridgehead atoms.